The summed E-state index contributed by atoms with van der Waals surface area (Å²) in [6.07, 6.45) is 3.72. The van der Waals surface area contributed by atoms with Crippen molar-refractivity contribution in [2.45, 2.75) is 10.8 Å². The maximum atomic E-state index is 13.1. The molecular weight excluding hydrogens is 279 g/mol. The summed E-state index contributed by atoms with van der Waals surface area (Å²) < 4.78 is 37.1. The van der Waals surface area contributed by atoms with Crippen LogP contribution in [0.15, 0.2) is 35.5 Å². The van der Waals surface area contributed by atoms with Gasteiger partial charge in [0.05, 0.1) is 11.9 Å². The molecule has 0 saturated carbocycles. The third kappa shape index (κ3) is 2.54. The lowest BCUT2D eigenvalue weighted by Gasteiger charge is -2.06. The van der Waals surface area contributed by atoms with Crippen molar-refractivity contribution in [3.8, 4) is 5.69 Å². The molecule has 0 aliphatic rings. The van der Waals surface area contributed by atoms with E-state index in [4.69, 9.17) is 11.6 Å². The quantitative estimate of drug-likeness (QED) is 0.813. The summed E-state index contributed by atoms with van der Waals surface area (Å²) >= 11 is 5.72. The smallest absolute Gasteiger partial charge is 0.178 e. The van der Waals surface area contributed by atoms with Gasteiger partial charge >= 0.3 is 0 Å². The van der Waals surface area contributed by atoms with Gasteiger partial charge < -0.3 is 0 Å². The van der Waals surface area contributed by atoms with Gasteiger partial charge in [0.25, 0.3) is 0 Å². The molecule has 0 bridgehead atoms. The van der Waals surface area contributed by atoms with E-state index in [9.17, 15) is 12.8 Å². The van der Waals surface area contributed by atoms with E-state index in [1.807, 2.05) is 0 Å². The lowest BCUT2D eigenvalue weighted by atomic mass is 10.2. The molecule has 96 valence electrons. The fraction of sp³-hybridized carbons (Fsp3) is 0.182. The van der Waals surface area contributed by atoms with Crippen molar-refractivity contribution in [2.75, 3.05) is 6.26 Å². The minimum Gasteiger partial charge on any atom is -0.239 e. The van der Waals surface area contributed by atoms with Crippen LogP contribution in [0.3, 0.4) is 0 Å². The van der Waals surface area contributed by atoms with E-state index in [-0.39, 0.29) is 10.8 Å². The van der Waals surface area contributed by atoms with Crippen molar-refractivity contribution in [2.24, 2.45) is 0 Å². The maximum Gasteiger partial charge on any atom is 0.178 e. The predicted octanol–water partition coefficient (Wildman–Crippen LogP) is 2.15. The number of nitrogens with zero attached hydrogens (tertiary/aromatic N) is 2. The van der Waals surface area contributed by atoms with Gasteiger partial charge in [-0.3, -0.25) is 0 Å². The summed E-state index contributed by atoms with van der Waals surface area (Å²) in [5.41, 5.74) is 1.10. The third-order valence-electron chi connectivity index (χ3n) is 2.42. The third-order valence-corrected chi connectivity index (χ3v) is 3.77. The first kappa shape index (κ1) is 13.0. The second-order valence-corrected chi connectivity index (χ2v) is 6.08. The summed E-state index contributed by atoms with van der Waals surface area (Å²) in [5.74, 6) is -0.286. The molecule has 2 rings (SSSR count). The van der Waals surface area contributed by atoms with Crippen molar-refractivity contribution in [1.82, 2.24) is 9.78 Å². The van der Waals surface area contributed by atoms with Crippen molar-refractivity contribution < 1.29 is 12.8 Å². The molecule has 2 aromatic rings. The standard InChI is InChI=1S/C11H10ClFN2O2S/c1-18(16,17)10-6-14-15(7-10)11-3-2-9(13)4-8(11)5-12/h2-4,6-7H,5H2,1H3. The molecule has 1 aromatic heterocycles. The average molecular weight is 289 g/mol. The van der Waals surface area contributed by atoms with Crippen LogP contribution in [0.5, 0.6) is 0 Å². The molecule has 0 aliphatic heterocycles. The number of rotatable bonds is 3. The largest absolute Gasteiger partial charge is 0.239 e. The summed E-state index contributed by atoms with van der Waals surface area (Å²) in [4.78, 5) is 0.104. The van der Waals surface area contributed by atoms with Crippen LogP contribution in [0.25, 0.3) is 5.69 Å². The van der Waals surface area contributed by atoms with Crippen LogP contribution >= 0.6 is 11.6 Å². The molecule has 0 N–H and O–H groups in total. The van der Waals surface area contributed by atoms with E-state index in [1.165, 1.54) is 35.3 Å². The van der Waals surface area contributed by atoms with Crippen LogP contribution in [-0.4, -0.2) is 24.5 Å². The molecule has 7 heteroatoms. The highest BCUT2D eigenvalue weighted by atomic mass is 35.5. The average Bonchev–Trinajstić information content (AvgIpc) is 2.77. The zero-order valence-electron chi connectivity index (χ0n) is 9.47. The normalized spacial score (nSPS) is 11.7. The zero-order valence-corrected chi connectivity index (χ0v) is 11.0. The molecule has 0 atom stereocenters. The predicted molar refractivity (Wildman–Crippen MR) is 66.2 cm³/mol. The second-order valence-electron chi connectivity index (χ2n) is 3.80. The minimum atomic E-state index is -3.31. The van der Waals surface area contributed by atoms with E-state index in [1.54, 1.807) is 0 Å². The highest BCUT2D eigenvalue weighted by Crippen LogP contribution is 2.19. The van der Waals surface area contributed by atoms with Gasteiger partial charge in [-0.25, -0.2) is 17.5 Å². The maximum absolute atomic E-state index is 13.1. The number of halogens is 2. The lowest BCUT2D eigenvalue weighted by Crippen LogP contribution is -2.00. The molecule has 0 aliphatic carbocycles. The van der Waals surface area contributed by atoms with Crippen LogP contribution in [0.1, 0.15) is 5.56 Å². The fourth-order valence-electron chi connectivity index (χ4n) is 1.51. The first-order chi connectivity index (χ1) is 8.41. The second kappa shape index (κ2) is 4.70. The Kier molecular flexibility index (Phi) is 3.41. The molecule has 18 heavy (non-hydrogen) atoms. The van der Waals surface area contributed by atoms with Crippen LogP contribution < -0.4 is 0 Å². The molecule has 0 radical (unpaired) electrons. The van der Waals surface area contributed by atoms with Gasteiger partial charge in [-0.2, -0.15) is 5.10 Å². The minimum absolute atomic E-state index is 0.104. The van der Waals surface area contributed by atoms with E-state index < -0.39 is 15.7 Å². The summed E-state index contributed by atoms with van der Waals surface area (Å²) in [6.45, 7) is 0. The van der Waals surface area contributed by atoms with Gasteiger partial charge in [-0.1, -0.05) is 0 Å². The van der Waals surface area contributed by atoms with Crippen molar-refractivity contribution in [1.29, 1.82) is 0 Å². The van der Waals surface area contributed by atoms with E-state index in [0.717, 1.165) is 6.26 Å². The van der Waals surface area contributed by atoms with Gasteiger partial charge in [-0.15, -0.1) is 11.6 Å². The summed E-state index contributed by atoms with van der Waals surface area (Å²) in [6, 6.07) is 4.07. The molecule has 1 aromatic carbocycles. The Bertz CT molecular complexity index is 682. The van der Waals surface area contributed by atoms with Crippen LogP contribution in [0, 0.1) is 5.82 Å². The molecule has 0 saturated heterocycles. The number of sulfone groups is 1. The highest BCUT2D eigenvalue weighted by molar-refractivity contribution is 7.90. The van der Waals surface area contributed by atoms with E-state index in [0.29, 0.717) is 11.3 Å². The molecular formula is C11H10ClFN2O2S. The van der Waals surface area contributed by atoms with E-state index in [2.05, 4.69) is 5.10 Å². The Hall–Kier alpha value is -1.40. The first-order valence-corrected chi connectivity index (χ1v) is 7.44. The number of alkyl halides is 1. The van der Waals surface area contributed by atoms with Crippen LogP contribution in [0.4, 0.5) is 4.39 Å². The van der Waals surface area contributed by atoms with Gasteiger partial charge in [0, 0.05) is 18.3 Å². The van der Waals surface area contributed by atoms with Crippen molar-refractivity contribution in [3.05, 3.63) is 42.0 Å². The molecule has 0 fully saturated rings. The van der Waals surface area contributed by atoms with Gasteiger partial charge in [0.15, 0.2) is 9.84 Å². The highest BCUT2D eigenvalue weighted by Gasteiger charge is 2.12. The number of hydrogen-bond acceptors (Lipinski definition) is 3. The van der Waals surface area contributed by atoms with Crippen LogP contribution in [0.2, 0.25) is 0 Å². The molecule has 0 unspecified atom stereocenters. The Labute approximate surface area is 109 Å². The zero-order chi connectivity index (χ0) is 13.3. The van der Waals surface area contributed by atoms with Gasteiger partial charge in [-0.05, 0) is 23.8 Å². The number of aromatic nitrogens is 2. The van der Waals surface area contributed by atoms with E-state index >= 15 is 0 Å². The number of benzene rings is 1. The topological polar surface area (TPSA) is 52.0 Å². The molecule has 4 nitrogen and oxygen atoms in total. The Morgan fingerprint density at radius 1 is 1.44 bits per heavy atom. The fourth-order valence-corrected chi connectivity index (χ4v) is 2.26. The van der Waals surface area contributed by atoms with Crippen molar-refractivity contribution >= 4 is 21.4 Å². The Morgan fingerprint density at radius 2 is 2.17 bits per heavy atom. The van der Waals surface area contributed by atoms with Gasteiger partial charge in [0.1, 0.15) is 10.7 Å². The molecule has 1 heterocycles. The summed E-state index contributed by atoms with van der Waals surface area (Å²) in [5, 5.41) is 3.95. The Balaban J connectivity index is 2.53. The lowest BCUT2D eigenvalue weighted by molar-refractivity contribution is 0.602. The molecule has 0 amide bonds. The monoisotopic (exact) mass is 288 g/mol. The first-order valence-electron chi connectivity index (χ1n) is 5.01. The number of hydrogen-bond donors (Lipinski definition) is 0. The molecule has 0 spiro atoms. The summed E-state index contributed by atoms with van der Waals surface area (Å²) in [7, 11) is -3.31. The SMILES string of the molecule is CS(=O)(=O)c1cnn(-c2ccc(F)cc2CCl)c1. The van der Waals surface area contributed by atoms with Crippen LogP contribution in [-0.2, 0) is 15.7 Å². The van der Waals surface area contributed by atoms with Gasteiger partial charge in [0.2, 0.25) is 0 Å². The van der Waals surface area contributed by atoms with Crippen molar-refractivity contribution in [3.63, 3.8) is 0 Å². The Morgan fingerprint density at radius 3 is 2.72 bits per heavy atom.